The first kappa shape index (κ1) is 30.7. The third-order valence-corrected chi connectivity index (χ3v) is 9.83. The summed E-state index contributed by atoms with van der Waals surface area (Å²) in [5, 5.41) is 8.19. The number of hydrogen-bond donors (Lipinski definition) is 2. The van der Waals surface area contributed by atoms with Gasteiger partial charge in [-0.05, 0) is 79.3 Å². The fourth-order valence-electron chi connectivity index (χ4n) is 7.22. The molecule has 12 heteroatoms. The molecule has 3 aliphatic heterocycles. The van der Waals surface area contributed by atoms with Crippen LogP contribution in [0.4, 0.5) is 5.82 Å². The first-order valence-corrected chi connectivity index (χ1v) is 16.7. The lowest BCUT2D eigenvalue weighted by Gasteiger charge is -2.32. The van der Waals surface area contributed by atoms with Crippen molar-refractivity contribution in [2.75, 3.05) is 25.4 Å². The number of piperidine rings is 2. The molecule has 5 aromatic rings. The molecule has 0 saturated carbocycles. The average Bonchev–Trinajstić information content (AvgIpc) is 3.67. The molecule has 2 fully saturated rings. The van der Waals surface area contributed by atoms with E-state index in [-0.39, 0.29) is 30.2 Å². The highest BCUT2D eigenvalue weighted by Gasteiger charge is 2.39. The summed E-state index contributed by atoms with van der Waals surface area (Å²) in [7, 11) is 0. The van der Waals surface area contributed by atoms with Gasteiger partial charge in [-0.2, -0.15) is 5.10 Å². The lowest BCUT2D eigenvalue weighted by molar-refractivity contribution is -0.136. The van der Waals surface area contributed by atoms with Gasteiger partial charge in [-0.3, -0.25) is 19.7 Å². The molecule has 5 heterocycles. The standard InChI is InChI=1S/C37H36N8O4/c38-34-32-33(24-7-9-28(10-8-24)49-27-4-2-1-3-5-27)42-45(35(32)40-22-39-34)26-15-18-43(19-16-26)17-14-23-6-11-29-25(20-23)21-44(37(29)48)30-12-13-31(46)41-36(30)47/h1-11,20,22,26,30H,12-19,21H2,(H2,38,39,40)(H,41,46,47). The molecule has 3 amide bonds. The molecule has 49 heavy (non-hydrogen) atoms. The van der Waals surface area contributed by atoms with E-state index in [2.05, 4.69) is 26.3 Å². The zero-order valence-corrected chi connectivity index (χ0v) is 26.9. The number of ether oxygens (including phenoxy) is 1. The molecule has 0 bridgehead atoms. The van der Waals surface area contributed by atoms with Gasteiger partial charge < -0.3 is 20.3 Å². The number of fused-ring (bicyclic) bond motifs is 2. The van der Waals surface area contributed by atoms with E-state index >= 15 is 0 Å². The molecule has 0 radical (unpaired) electrons. The van der Waals surface area contributed by atoms with Crippen molar-refractivity contribution in [2.45, 2.75) is 50.7 Å². The molecule has 0 aliphatic carbocycles. The van der Waals surface area contributed by atoms with Gasteiger partial charge in [-0.15, -0.1) is 0 Å². The fraction of sp³-hybridized carbons (Fsp3) is 0.297. The number of carbonyl (C=O) groups is 3. The molecular weight excluding hydrogens is 620 g/mol. The molecule has 2 aromatic heterocycles. The van der Waals surface area contributed by atoms with Gasteiger partial charge in [0.15, 0.2) is 5.65 Å². The van der Waals surface area contributed by atoms with Crippen molar-refractivity contribution < 1.29 is 19.1 Å². The quantitative estimate of drug-likeness (QED) is 0.230. The average molecular weight is 657 g/mol. The van der Waals surface area contributed by atoms with E-state index in [9.17, 15) is 14.4 Å². The Morgan fingerprint density at radius 1 is 0.898 bits per heavy atom. The zero-order chi connectivity index (χ0) is 33.5. The van der Waals surface area contributed by atoms with E-state index in [1.54, 1.807) is 4.90 Å². The van der Waals surface area contributed by atoms with Gasteiger partial charge in [0, 0.05) is 43.7 Å². The molecule has 3 aliphatic rings. The minimum atomic E-state index is -0.603. The van der Waals surface area contributed by atoms with Crippen LogP contribution >= 0.6 is 0 Å². The van der Waals surface area contributed by atoms with Crippen molar-refractivity contribution in [1.29, 1.82) is 0 Å². The molecule has 2 saturated heterocycles. The summed E-state index contributed by atoms with van der Waals surface area (Å²) in [6.45, 7) is 3.12. The largest absolute Gasteiger partial charge is 0.457 e. The number of nitrogen functional groups attached to an aromatic ring is 1. The van der Waals surface area contributed by atoms with E-state index in [4.69, 9.17) is 15.6 Å². The van der Waals surface area contributed by atoms with Crippen LogP contribution in [0.25, 0.3) is 22.3 Å². The van der Waals surface area contributed by atoms with Crippen LogP contribution in [0.5, 0.6) is 11.5 Å². The number of anilines is 1. The number of imide groups is 1. The van der Waals surface area contributed by atoms with Crippen molar-refractivity contribution >= 4 is 34.6 Å². The number of nitrogens with two attached hydrogens (primary N) is 1. The Hall–Kier alpha value is -5.62. The Kier molecular flexibility index (Phi) is 8.00. The third kappa shape index (κ3) is 5.99. The van der Waals surface area contributed by atoms with Crippen molar-refractivity contribution in [1.82, 2.24) is 34.9 Å². The second kappa shape index (κ2) is 12.8. The van der Waals surface area contributed by atoms with E-state index in [1.165, 1.54) is 6.33 Å². The molecule has 1 unspecified atom stereocenters. The first-order chi connectivity index (χ1) is 23.9. The van der Waals surface area contributed by atoms with Gasteiger partial charge in [-0.1, -0.05) is 30.3 Å². The van der Waals surface area contributed by atoms with E-state index in [0.717, 1.165) is 83.8 Å². The van der Waals surface area contributed by atoms with Gasteiger partial charge in [-0.25, -0.2) is 14.6 Å². The summed E-state index contributed by atoms with van der Waals surface area (Å²) >= 11 is 0. The molecule has 8 rings (SSSR count). The number of para-hydroxylation sites is 1. The Labute approximate surface area is 282 Å². The van der Waals surface area contributed by atoms with Crippen LogP contribution < -0.4 is 15.8 Å². The number of hydrogen-bond acceptors (Lipinski definition) is 9. The summed E-state index contributed by atoms with van der Waals surface area (Å²) in [4.78, 5) is 50.0. The Morgan fingerprint density at radius 2 is 1.67 bits per heavy atom. The van der Waals surface area contributed by atoms with Crippen LogP contribution in [0.1, 0.15) is 53.2 Å². The molecule has 1 atom stereocenters. The van der Waals surface area contributed by atoms with Crippen LogP contribution in [0, 0.1) is 0 Å². The molecule has 3 aromatic carbocycles. The highest BCUT2D eigenvalue weighted by molar-refractivity contribution is 6.05. The topological polar surface area (TPSA) is 149 Å². The van der Waals surface area contributed by atoms with Crippen LogP contribution in [0.3, 0.4) is 0 Å². The van der Waals surface area contributed by atoms with Crippen LogP contribution in [0.15, 0.2) is 79.1 Å². The van der Waals surface area contributed by atoms with Crippen molar-refractivity contribution in [3.8, 4) is 22.8 Å². The summed E-state index contributed by atoms with van der Waals surface area (Å²) in [5.41, 5.74) is 11.5. The second-order valence-electron chi connectivity index (χ2n) is 12.9. The molecule has 3 N–H and O–H groups in total. The molecule has 12 nitrogen and oxygen atoms in total. The van der Waals surface area contributed by atoms with Gasteiger partial charge in [0.05, 0.1) is 11.4 Å². The van der Waals surface area contributed by atoms with Gasteiger partial charge >= 0.3 is 0 Å². The Balaban J connectivity index is 0.914. The summed E-state index contributed by atoms with van der Waals surface area (Å²) in [5.74, 6) is 1.10. The van der Waals surface area contributed by atoms with E-state index in [1.807, 2.05) is 71.4 Å². The maximum Gasteiger partial charge on any atom is 0.255 e. The minimum Gasteiger partial charge on any atom is -0.457 e. The van der Waals surface area contributed by atoms with Crippen LogP contribution in [-0.2, 0) is 22.6 Å². The Bertz CT molecular complexity index is 2050. The second-order valence-corrected chi connectivity index (χ2v) is 12.9. The number of benzene rings is 3. The number of rotatable bonds is 8. The zero-order valence-electron chi connectivity index (χ0n) is 26.9. The molecule has 0 spiro atoms. The number of nitrogens with zero attached hydrogens (tertiary/aromatic N) is 6. The highest BCUT2D eigenvalue weighted by atomic mass is 16.5. The smallest absolute Gasteiger partial charge is 0.255 e. The summed E-state index contributed by atoms with van der Waals surface area (Å²) < 4.78 is 8.01. The predicted molar refractivity (Wildman–Crippen MR) is 183 cm³/mol. The van der Waals surface area contributed by atoms with Gasteiger partial charge in [0.2, 0.25) is 11.8 Å². The molecule has 248 valence electrons. The summed E-state index contributed by atoms with van der Waals surface area (Å²) in [6.07, 6.45) is 4.80. The van der Waals surface area contributed by atoms with Gasteiger partial charge in [0.1, 0.15) is 35.4 Å². The van der Waals surface area contributed by atoms with Crippen molar-refractivity contribution in [3.63, 3.8) is 0 Å². The van der Waals surface area contributed by atoms with Crippen molar-refractivity contribution in [3.05, 3.63) is 95.8 Å². The van der Waals surface area contributed by atoms with E-state index in [0.29, 0.717) is 24.3 Å². The van der Waals surface area contributed by atoms with E-state index < -0.39 is 6.04 Å². The maximum atomic E-state index is 13.1. The maximum absolute atomic E-state index is 13.1. The fourth-order valence-corrected chi connectivity index (χ4v) is 7.22. The highest BCUT2D eigenvalue weighted by Crippen LogP contribution is 2.35. The number of likely N-dealkylation sites (tertiary alicyclic amines) is 1. The van der Waals surface area contributed by atoms with Crippen LogP contribution in [-0.4, -0.2) is 72.9 Å². The third-order valence-electron chi connectivity index (χ3n) is 9.83. The number of amides is 3. The predicted octanol–water partition coefficient (Wildman–Crippen LogP) is 4.51. The van der Waals surface area contributed by atoms with Crippen LogP contribution in [0.2, 0.25) is 0 Å². The lowest BCUT2D eigenvalue weighted by Crippen LogP contribution is -2.52. The number of aromatic nitrogens is 4. The summed E-state index contributed by atoms with van der Waals surface area (Å²) in [6, 6.07) is 23.1. The SMILES string of the molecule is Nc1ncnc2c1c(-c1ccc(Oc3ccccc3)cc1)nn2C1CCN(CCc2ccc3c(c2)CN(C2CCC(=O)NC2=O)C3=O)CC1. The molecular formula is C37H36N8O4. The minimum absolute atomic E-state index is 0.145. The monoisotopic (exact) mass is 656 g/mol. The lowest BCUT2D eigenvalue weighted by atomic mass is 10.0. The first-order valence-electron chi connectivity index (χ1n) is 16.7. The van der Waals surface area contributed by atoms with Crippen molar-refractivity contribution in [2.24, 2.45) is 0 Å². The Morgan fingerprint density at radius 3 is 2.45 bits per heavy atom. The number of carbonyl (C=O) groups excluding carboxylic acids is 3. The number of nitrogens with one attached hydrogen (secondary N) is 1. The normalized spacial score (nSPS) is 18.6. The van der Waals surface area contributed by atoms with Gasteiger partial charge in [0.25, 0.3) is 5.91 Å².